The number of hydrogen-bond donors (Lipinski definition) is 2. The van der Waals surface area contributed by atoms with Crippen molar-refractivity contribution in [3.05, 3.63) is 0 Å². The Kier molecular flexibility index (Phi) is 5.03. The van der Waals surface area contributed by atoms with Crippen LogP contribution in [-0.4, -0.2) is 30.0 Å². The van der Waals surface area contributed by atoms with E-state index in [0.717, 1.165) is 25.9 Å². The maximum absolute atomic E-state index is 10.2. The minimum absolute atomic E-state index is 0.229. The van der Waals surface area contributed by atoms with Crippen LogP contribution in [0.4, 0.5) is 0 Å². The summed E-state index contributed by atoms with van der Waals surface area (Å²) in [6.07, 6.45) is 5.67. The zero-order valence-electron chi connectivity index (χ0n) is 10.0. The van der Waals surface area contributed by atoms with Crippen molar-refractivity contribution in [3.63, 3.8) is 0 Å². The van der Waals surface area contributed by atoms with Crippen LogP contribution in [0, 0.1) is 5.92 Å². The van der Waals surface area contributed by atoms with Gasteiger partial charge < -0.3 is 15.6 Å². The first-order valence-corrected chi connectivity index (χ1v) is 6.12. The predicted octanol–water partition coefficient (Wildman–Crippen LogP) is 1.68. The molecule has 1 aliphatic heterocycles. The summed E-state index contributed by atoms with van der Waals surface area (Å²) in [6.45, 7) is 5.32. The molecule has 3 heteroatoms. The minimum Gasteiger partial charge on any atom is -0.388 e. The van der Waals surface area contributed by atoms with Crippen molar-refractivity contribution in [1.82, 2.24) is 0 Å². The smallest absolute Gasteiger partial charge is 0.0792 e. The van der Waals surface area contributed by atoms with E-state index < -0.39 is 5.60 Å². The molecule has 90 valence electrons. The maximum Gasteiger partial charge on any atom is 0.0792 e. The summed E-state index contributed by atoms with van der Waals surface area (Å²) in [5.41, 5.74) is 4.94. The van der Waals surface area contributed by atoms with E-state index in [4.69, 9.17) is 10.5 Å². The second-order valence-corrected chi connectivity index (χ2v) is 4.99. The molecule has 2 atom stereocenters. The first kappa shape index (κ1) is 12.9. The fraction of sp³-hybridized carbons (Fsp3) is 1.00. The lowest BCUT2D eigenvalue weighted by molar-refractivity contribution is -0.00983. The van der Waals surface area contributed by atoms with E-state index >= 15 is 0 Å². The van der Waals surface area contributed by atoms with Gasteiger partial charge in [0.25, 0.3) is 0 Å². The van der Waals surface area contributed by atoms with E-state index in [2.05, 4.69) is 0 Å². The lowest BCUT2D eigenvalue weighted by atomic mass is 9.85. The molecule has 0 aliphatic carbocycles. The standard InChI is InChI=1S/C12H25NO2/c1-10(2)12(14,9-13)7-3-5-11-6-4-8-15-11/h10-11,14H,3-9,13H2,1-2H3. The fourth-order valence-corrected chi connectivity index (χ4v) is 2.13. The molecule has 0 amide bonds. The number of nitrogens with two attached hydrogens (primary N) is 1. The molecule has 1 fully saturated rings. The van der Waals surface area contributed by atoms with E-state index in [9.17, 15) is 5.11 Å². The van der Waals surface area contributed by atoms with Gasteiger partial charge in [-0.3, -0.25) is 0 Å². The van der Waals surface area contributed by atoms with Crippen molar-refractivity contribution in [2.24, 2.45) is 11.7 Å². The van der Waals surface area contributed by atoms with Crippen LogP contribution in [-0.2, 0) is 4.74 Å². The molecule has 0 spiro atoms. The molecule has 0 bridgehead atoms. The number of hydrogen-bond acceptors (Lipinski definition) is 3. The van der Waals surface area contributed by atoms with Gasteiger partial charge in [0.05, 0.1) is 11.7 Å². The molecule has 1 saturated heterocycles. The molecule has 1 heterocycles. The summed E-state index contributed by atoms with van der Waals surface area (Å²) in [5, 5.41) is 10.2. The van der Waals surface area contributed by atoms with Crippen molar-refractivity contribution in [2.75, 3.05) is 13.2 Å². The normalized spacial score (nSPS) is 25.8. The van der Waals surface area contributed by atoms with Gasteiger partial charge in [0.2, 0.25) is 0 Å². The third-order valence-electron chi connectivity index (χ3n) is 3.59. The van der Waals surface area contributed by atoms with Gasteiger partial charge in [0, 0.05) is 13.2 Å². The molecular formula is C12H25NO2. The summed E-state index contributed by atoms with van der Waals surface area (Å²) in [5.74, 6) is 0.229. The van der Waals surface area contributed by atoms with Gasteiger partial charge in [-0.25, -0.2) is 0 Å². The van der Waals surface area contributed by atoms with Crippen molar-refractivity contribution >= 4 is 0 Å². The molecule has 1 aliphatic rings. The molecular weight excluding hydrogens is 190 g/mol. The highest BCUT2D eigenvalue weighted by atomic mass is 16.5. The Morgan fingerprint density at radius 1 is 1.53 bits per heavy atom. The van der Waals surface area contributed by atoms with Gasteiger partial charge in [-0.1, -0.05) is 13.8 Å². The largest absolute Gasteiger partial charge is 0.388 e. The van der Waals surface area contributed by atoms with Crippen LogP contribution in [0.3, 0.4) is 0 Å². The monoisotopic (exact) mass is 215 g/mol. The zero-order chi connectivity index (χ0) is 11.3. The van der Waals surface area contributed by atoms with Gasteiger partial charge in [0.1, 0.15) is 0 Å². The lowest BCUT2D eigenvalue weighted by Gasteiger charge is -2.31. The Labute approximate surface area is 93.0 Å². The van der Waals surface area contributed by atoms with Gasteiger partial charge in [-0.2, -0.15) is 0 Å². The number of aliphatic hydroxyl groups is 1. The minimum atomic E-state index is -0.682. The summed E-state index contributed by atoms with van der Waals surface area (Å²) < 4.78 is 5.55. The molecule has 1 rings (SSSR count). The first-order valence-electron chi connectivity index (χ1n) is 6.12. The highest BCUT2D eigenvalue weighted by molar-refractivity contribution is 4.83. The maximum atomic E-state index is 10.2. The molecule has 0 aromatic rings. The number of rotatable bonds is 6. The predicted molar refractivity (Wildman–Crippen MR) is 61.7 cm³/mol. The Balaban J connectivity index is 2.22. The average Bonchev–Trinajstić information content (AvgIpc) is 2.70. The topological polar surface area (TPSA) is 55.5 Å². The van der Waals surface area contributed by atoms with Crippen LogP contribution in [0.1, 0.15) is 46.0 Å². The van der Waals surface area contributed by atoms with Gasteiger partial charge in [0.15, 0.2) is 0 Å². The molecule has 0 saturated carbocycles. The van der Waals surface area contributed by atoms with Crippen LogP contribution in [0.2, 0.25) is 0 Å². The summed E-state index contributed by atoms with van der Waals surface area (Å²) in [4.78, 5) is 0. The van der Waals surface area contributed by atoms with Crippen LogP contribution in [0.5, 0.6) is 0 Å². The van der Waals surface area contributed by atoms with Crippen molar-refractivity contribution in [2.45, 2.75) is 57.7 Å². The average molecular weight is 215 g/mol. The van der Waals surface area contributed by atoms with Gasteiger partial charge >= 0.3 is 0 Å². The second kappa shape index (κ2) is 5.83. The summed E-state index contributed by atoms with van der Waals surface area (Å²) in [6, 6.07) is 0. The van der Waals surface area contributed by atoms with E-state index in [1.54, 1.807) is 0 Å². The highest BCUT2D eigenvalue weighted by Crippen LogP contribution is 2.25. The van der Waals surface area contributed by atoms with E-state index in [-0.39, 0.29) is 5.92 Å². The van der Waals surface area contributed by atoms with Crippen LogP contribution >= 0.6 is 0 Å². The Morgan fingerprint density at radius 3 is 2.73 bits per heavy atom. The van der Waals surface area contributed by atoms with Gasteiger partial charge in [-0.05, 0) is 38.0 Å². The molecule has 0 aromatic carbocycles. The Bertz CT molecular complexity index is 178. The van der Waals surface area contributed by atoms with E-state index in [1.165, 1.54) is 12.8 Å². The molecule has 0 aromatic heterocycles. The van der Waals surface area contributed by atoms with E-state index in [1.807, 2.05) is 13.8 Å². The summed E-state index contributed by atoms with van der Waals surface area (Å²) >= 11 is 0. The van der Waals surface area contributed by atoms with Crippen LogP contribution < -0.4 is 5.73 Å². The molecule has 3 N–H and O–H groups in total. The first-order chi connectivity index (χ1) is 7.08. The molecule has 2 unspecified atom stereocenters. The molecule has 0 radical (unpaired) electrons. The lowest BCUT2D eigenvalue weighted by Crippen LogP contribution is -2.42. The fourth-order valence-electron chi connectivity index (χ4n) is 2.13. The zero-order valence-corrected chi connectivity index (χ0v) is 10.0. The molecule has 15 heavy (non-hydrogen) atoms. The Morgan fingerprint density at radius 2 is 2.27 bits per heavy atom. The van der Waals surface area contributed by atoms with Crippen molar-refractivity contribution in [1.29, 1.82) is 0 Å². The quantitative estimate of drug-likeness (QED) is 0.709. The van der Waals surface area contributed by atoms with Crippen LogP contribution in [0.25, 0.3) is 0 Å². The van der Waals surface area contributed by atoms with Crippen molar-refractivity contribution in [3.8, 4) is 0 Å². The third kappa shape index (κ3) is 3.74. The highest BCUT2D eigenvalue weighted by Gasteiger charge is 2.29. The number of ether oxygens (including phenoxy) is 1. The molecule has 3 nitrogen and oxygen atoms in total. The van der Waals surface area contributed by atoms with Gasteiger partial charge in [-0.15, -0.1) is 0 Å². The van der Waals surface area contributed by atoms with E-state index in [0.29, 0.717) is 12.6 Å². The van der Waals surface area contributed by atoms with Crippen LogP contribution in [0.15, 0.2) is 0 Å². The third-order valence-corrected chi connectivity index (χ3v) is 3.59. The Hall–Kier alpha value is -0.120. The second-order valence-electron chi connectivity index (χ2n) is 4.99. The van der Waals surface area contributed by atoms with Crippen molar-refractivity contribution < 1.29 is 9.84 Å². The summed E-state index contributed by atoms with van der Waals surface area (Å²) in [7, 11) is 0. The SMILES string of the molecule is CC(C)C(O)(CN)CCCC1CCCO1.